The summed E-state index contributed by atoms with van der Waals surface area (Å²) in [5.41, 5.74) is 1.75. The van der Waals surface area contributed by atoms with Gasteiger partial charge in [-0.25, -0.2) is 9.59 Å². The summed E-state index contributed by atoms with van der Waals surface area (Å²) in [5.74, 6) is -1.91. The Hall–Kier alpha value is -1.88. The van der Waals surface area contributed by atoms with E-state index < -0.39 is 18.0 Å². The number of carbonyl (C=O) groups is 2. The Labute approximate surface area is 98.6 Å². The van der Waals surface area contributed by atoms with Crippen LogP contribution in [0, 0.1) is 13.8 Å². The number of carboxylic acid groups (broad SMARTS) is 1. The van der Waals surface area contributed by atoms with Crippen LogP contribution >= 0.6 is 0 Å². The zero-order valence-electron chi connectivity index (χ0n) is 9.85. The highest BCUT2D eigenvalue weighted by Crippen LogP contribution is 2.23. The van der Waals surface area contributed by atoms with Crippen LogP contribution in [0.2, 0.25) is 0 Å². The number of benzene rings is 1. The van der Waals surface area contributed by atoms with Gasteiger partial charge in [0.2, 0.25) is 0 Å². The van der Waals surface area contributed by atoms with Crippen molar-refractivity contribution in [3.63, 3.8) is 0 Å². The van der Waals surface area contributed by atoms with Gasteiger partial charge in [0.15, 0.2) is 6.10 Å². The molecule has 92 valence electrons. The number of methoxy groups -OCH3 is 1. The summed E-state index contributed by atoms with van der Waals surface area (Å²) in [5, 5.41) is 18.2. The first-order valence-corrected chi connectivity index (χ1v) is 4.98. The Balaban J connectivity index is 3.33. The SMILES string of the molecule is COC(=O)c1cc(C(O)C(=O)O)c(C)cc1C. The Morgan fingerprint density at radius 2 is 1.82 bits per heavy atom. The number of esters is 1. The van der Waals surface area contributed by atoms with Gasteiger partial charge in [-0.15, -0.1) is 0 Å². The molecule has 0 aliphatic carbocycles. The van der Waals surface area contributed by atoms with Crippen LogP contribution in [-0.2, 0) is 9.53 Å². The molecule has 0 aliphatic heterocycles. The number of carboxylic acids is 1. The third-order valence-electron chi connectivity index (χ3n) is 2.55. The average Bonchev–Trinajstić information content (AvgIpc) is 2.27. The highest BCUT2D eigenvalue weighted by atomic mass is 16.5. The van der Waals surface area contributed by atoms with Crippen LogP contribution in [0.4, 0.5) is 0 Å². The van der Waals surface area contributed by atoms with Gasteiger partial charge in [-0.2, -0.15) is 0 Å². The molecule has 1 rings (SSSR count). The fourth-order valence-electron chi connectivity index (χ4n) is 1.63. The summed E-state index contributed by atoms with van der Waals surface area (Å²) >= 11 is 0. The molecule has 0 amide bonds. The van der Waals surface area contributed by atoms with Gasteiger partial charge in [-0.1, -0.05) is 6.07 Å². The summed E-state index contributed by atoms with van der Waals surface area (Å²) in [4.78, 5) is 22.2. The predicted molar refractivity (Wildman–Crippen MR) is 59.9 cm³/mol. The molecule has 5 heteroatoms. The zero-order chi connectivity index (χ0) is 13.2. The van der Waals surface area contributed by atoms with E-state index >= 15 is 0 Å². The van der Waals surface area contributed by atoms with Gasteiger partial charge in [-0.3, -0.25) is 0 Å². The molecule has 0 fully saturated rings. The Morgan fingerprint density at radius 1 is 1.24 bits per heavy atom. The molecular formula is C12H14O5. The Bertz CT molecular complexity index is 464. The minimum Gasteiger partial charge on any atom is -0.479 e. The second-order valence-corrected chi connectivity index (χ2v) is 3.76. The third-order valence-corrected chi connectivity index (χ3v) is 2.55. The lowest BCUT2D eigenvalue weighted by Gasteiger charge is -2.13. The second kappa shape index (κ2) is 4.97. The monoisotopic (exact) mass is 238 g/mol. The van der Waals surface area contributed by atoms with Gasteiger partial charge in [0, 0.05) is 0 Å². The lowest BCUT2D eigenvalue weighted by molar-refractivity contribution is -0.147. The molecule has 1 atom stereocenters. The maximum absolute atomic E-state index is 11.4. The standard InChI is InChI=1S/C12H14O5/c1-6-4-7(2)9(12(16)17-3)5-8(6)10(13)11(14)15/h4-5,10,13H,1-3H3,(H,14,15). The summed E-state index contributed by atoms with van der Waals surface area (Å²) in [6.07, 6.45) is -1.64. The number of aliphatic hydroxyl groups is 1. The van der Waals surface area contributed by atoms with Crippen LogP contribution in [0.3, 0.4) is 0 Å². The molecule has 1 aromatic carbocycles. The molecule has 0 radical (unpaired) electrons. The molecule has 17 heavy (non-hydrogen) atoms. The quantitative estimate of drug-likeness (QED) is 0.773. The van der Waals surface area contributed by atoms with Gasteiger partial charge in [0.1, 0.15) is 0 Å². The van der Waals surface area contributed by atoms with Crippen molar-refractivity contribution >= 4 is 11.9 Å². The molecule has 1 aromatic rings. The van der Waals surface area contributed by atoms with Crippen LogP contribution in [0.5, 0.6) is 0 Å². The van der Waals surface area contributed by atoms with Crippen molar-refractivity contribution < 1.29 is 24.5 Å². The van der Waals surface area contributed by atoms with Crippen molar-refractivity contribution in [2.24, 2.45) is 0 Å². The van der Waals surface area contributed by atoms with Crippen LogP contribution in [0.25, 0.3) is 0 Å². The maximum Gasteiger partial charge on any atom is 0.338 e. The summed E-state index contributed by atoms with van der Waals surface area (Å²) in [6, 6.07) is 3.00. The van der Waals surface area contributed by atoms with E-state index in [9.17, 15) is 14.7 Å². The van der Waals surface area contributed by atoms with Crippen LogP contribution in [-0.4, -0.2) is 29.3 Å². The predicted octanol–water partition coefficient (Wildman–Crippen LogP) is 1.21. The fourth-order valence-corrected chi connectivity index (χ4v) is 1.63. The summed E-state index contributed by atoms with van der Waals surface area (Å²) in [7, 11) is 1.24. The number of aryl methyl sites for hydroxylation is 2. The fraction of sp³-hybridized carbons (Fsp3) is 0.333. The van der Waals surface area contributed by atoms with E-state index in [-0.39, 0.29) is 11.1 Å². The molecule has 0 bridgehead atoms. The van der Waals surface area contributed by atoms with E-state index in [4.69, 9.17) is 5.11 Å². The van der Waals surface area contributed by atoms with Crippen molar-refractivity contribution in [3.05, 3.63) is 34.4 Å². The molecule has 0 aromatic heterocycles. The van der Waals surface area contributed by atoms with Gasteiger partial charge in [0.05, 0.1) is 12.7 Å². The van der Waals surface area contributed by atoms with Gasteiger partial charge < -0.3 is 14.9 Å². The molecule has 0 saturated carbocycles. The molecule has 2 N–H and O–H groups in total. The third kappa shape index (κ3) is 2.62. The van der Waals surface area contributed by atoms with E-state index in [2.05, 4.69) is 4.74 Å². The lowest BCUT2D eigenvalue weighted by atomic mass is 9.96. The van der Waals surface area contributed by atoms with Crippen LogP contribution in [0.1, 0.15) is 33.2 Å². The van der Waals surface area contributed by atoms with E-state index in [0.717, 1.165) is 0 Å². The van der Waals surface area contributed by atoms with E-state index in [1.54, 1.807) is 19.9 Å². The Morgan fingerprint density at radius 3 is 2.29 bits per heavy atom. The largest absolute Gasteiger partial charge is 0.479 e. The lowest BCUT2D eigenvalue weighted by Crippen LogP contribution is -2.14. The highest BCUT2D eigenvalue weighted by Gasteiger charge is 2.21. The number of aliphatic carboxylic acids is 1. The molecule has 1 unspecified atom stereocenters. The van der Waals surface area contributed by atoms with Crippen molar-refractivity contribution in [1.82, 2.24) is 0 Å². The first kappa shape index (κ1) is 13.2. The normalized spacial score (nSPS) is 12.0. The number of rotatable bonds is 3. The first-order chi connectivity index (χ1) is 7.88. The number of carbonyl (C=O) groups excluding carboxylic acids is 1. The average molecular weight is 238 g/mol. The summed E-state index contributed by atoms with van der Waals surface area (Å²) in [6.45, 7) is 3.39. The minimum absolute atomic E-state index is 0.198. The van der Waals surface area contributed by atoms with E-state index in [1.807, 2.05) is 0 Å². The summed E-state index contributed by atoms with van der Waals surface area (Å²) < 4.78 is 4.58. The second-order valence-electron chi connectivity index (χ2n) is 3.76. The van der Waals surface area contributed by atoms with Gasteiger partial charge >= 0.3 is 11.9 Å². The van der Waals surface area contributed by atoms with Crippen LogP contribution in [0.15, 0.2) is 12.1 Å². The number of ether oxygens (including phenoxy) is 1. The van der Waals surface area contributed by atoms with Crippen molar-refractivity contribution in [2.75, 3.05) is 7.11 Å². The molecule has 0 aliphatic rings. The molecule has 0 saturated heterocycles. The smallest absolute Gasteiger partial charge is 0.338 e. The molecular weight excluding hydrogens is 224 g/mol. The van der Waals surface area contributed by atoms with E-state index in [1.165, 1.54) is 13.2 Å². The first-order valence-electron chi connectivity index (χ1n) is 4.98. The molecule has 5 nitrogen and oxygen atoms in total. The van der Waals surface area contributed by atoms with Crippen LogP contribution < -0.4 is 0 Å². The van der Waals surface area contributed by atoms with Gasteiger partial charge in [0.25, 0.3) is 0 Å². The van der Waals surface area contributed by atoms with Crippen molar-refractivity contribution in [2.45, 2.75) is 20.0 Å². The topological polar surface area (TPSA) is 83.8 Å². The van der Waals surface area contributed by atoms with Gasteiger partial charge in [-0.05, 0) is 36.6 Å². The highest BCUT2D eigenvalue weighted by molar-refractivity contribution is 5.91. The number of hydrogen-bond donors (Lipinski definition) is 2. The number of aliphatic hydroxyl groups excluding tert-OH is 1. The maximum atomic E-state index is 11.4. The number of hydrogen-bond acceptors (Lipinski definition) is 4. The van der Waals surface area contributed by atoms with Crippen molar-refractivity contribution in [1.29, 1.82) is 0 Å². The van der Waals surface area contributed by atoms with E-state index in [0.29, 0.717) is 11.1 Å². The Kier molecular flexibility index (Phi) is 3.85. The minimum atomic E-state index is -1.64. The molecule has 0 spiro atoms. The molecule has 0 heterocycles. The van der Waals surface area contributed by atoms with Crippen molar-refractivity contribution in [3.8, 4) is 0 Å². The zero-order valence-corrected chi connectivity index (χ0v) is 9.85.